The number of nitrogens with zero attached hydrogens (tertiary/aromatic N) is 1. The van der Waals surface area contributed by atoms with Crippen molar-refractivity contribution >= 4 is 27.8 Å². The van der Waals surface area contributed by atoms with Crippen molar-refractivity contribution in [3.63, 3.8) is 0 Å². The van der Waals surface area contributed by atoms with Gasteiger partial charge in [-0.15, -0.1) is 0 Å². The molecule has 0 bridgehead atoms. The molecule has 0 amide bonds. The Bertz CT molecular complexity index is 851. The standard InChI is InChI=1S/C18H17BrN2.CO2/c1-13-9-15(14-5-3-2-4-6-14)11-21(13)12-16-10-17(19)7-8-18(16)20;2-1-3/h2-11H,12,20H2,1H3;. The number of aryl methyl sites for hydroxylation is 1. The zero-order valence-electron chi connectivity index (χ0n) is 13.2. The van der Waals surface area contributed by atoms with Crippen molar-refractivity contribution in [1.82, 2.24) is 4.57 Å². The Morgan fingerprint density at radius 1 is 1.04 bits per heavy atom. The molecule has 0 unspecified atom stereocenters. The number of rotatable bonds is 3. The van der Waals surface area contributed by atoms with Crippen LogP contribution < -0.4 is 5.73 Å². The first-order valence-electron chi connectivity index (χ1n) is 7.30. The largest absolute Gasteiger partial charge is 0.398 e. The van der Waals surface area contributed by atoms with E-state index in [1.54, 1.807) is 0 Å². The zero-order chi connectivity index (χ0) is 17.5. The summed E-state index contributed by atoms with van der Waals surface area (Å²) in [6.07, 6.45) is 2.44. The van der Waals surface area contributed by atoms with Gasteiger partial charge >= 0.3 is 6.15 Å². The van der Waals surface area contributed by atoms with Gasteiger partial charge in [-0.25, -0.2) is 0 Å². The molecule has 2 N–H and O–H groups in total. The summed E-state index contributed by atoms with van der Waals surface area (Å²) in [5, 5.41) is 0. The van der Waals surface area contributed by atoms with E-state index in [1.165, 1.54) is 16.8 Å². The second-order valence-corrected chi connectivity index (χ2v) is 6.21. The summed E-state index contributed by atoms with van der Waals surface area (Å²) in [5.41, 5.74) is 11.7. The Hall–Kier alpha value is -2.62. The van der Waals surface area contributed by atoms with Crippen molar-refractivity contribution in [3.05, 3.63) is 76.5 Å². The highest BCUT2D eigenvalue weighted by molar-refractivity contribution is 9.10. The van der Waals surface area contributed by atoms with Crippen molar-refractivity contribution in [3.8, 4) is 11.1 Å². The highest BCUT2D eigenvalue weighted by Crippen LogP contribution is 2.24. The molecule has 3 aromatic rings. The van der Waals surface area contributed by atoms with Crippen molar-refractivity contribution in [2.24, 2.45) is 0 Å². The molecule has 3 rings (SSSR count). The number of hydrogen-bond donors (Lipinski definition) is 1. The molecule has 0 aliphatic heterocycles. The van der Waals surface area contributed by atoms with Gasteiger partial charge in [0.05, 0.1) is 0 Å². The molecule has 0 saturated carbocycles. The lowest BCUT2D eigenvalue weighted by Crippen LogP contribution is -2.03. The van der Waals surface area contributed by atoms with Gasteiger partial charge in [-0.2, -0.15) is 9.59 Å². The molecule has 2 aromatic carbocycles. The van der Waals surface area contributed by atoms with Gasteiger partial charge in [0.15, 0.2) is 0 Å². The Labute approximate surface area is 149 Å². The van der Waals surface area contributed by atoms with Gasteiger partial charge in [-0.05, 0) is 47.9 Å². The van der Waals surface area contributed by atoms with Gasteiger partial charge in [0.1, 0.15) is 0 Å². The van der Waals surface area contributed by atoms with Crippen LogP contribution in [0.5, 0.6) is 0 Å². The number of benzene rings is 2. The minimum Gasteiger partial charge on any atom is -0.398 e. The molecule has 122 valence electrons. The highest BCUT2D eigenvalue weighted by Gasteiger charge is 2.07. The van der Waals surface area contributed by atoms with Crippen LogP contribution >= 0.6 is 15.9 Å². The molecule has 0 atom stereocenters. The van der Waals surface area contributed by atoms with E-state index in [-0.39, 0.29) is 6.15 Å². The maximum atomic E-state index is 8.12. The molecule has 0 spiro atoms. The maximum absolute atomic E-state index is 8.12. The number of hydrogen-bond acceptors (Lipinski definition) is 3. The van der Waals surface area contributed by atoms with Crippen molar-refractivity contribution in [2.75, 3.05) is 5.73 Å². The average Bonchev–Trinajstić information content (AvgIpc) is 2.93. The Morgan fingerprint density at radius 3 is 2.38 bits per heavy atom. The van der Waals surface area contributed by atoms with Crippen LogP contribution in [-0.2, 0) is 16.1 Å². The molecule has 0 saturated heterocycles. The third kappa shape index (κ3) is 4.44. The summed E-state index contributed by atoms with van der Waals surface area (Å²) in [7, 11) is 0. The second kappa shape index (κ2) is 8.29. The van der Waals surface area contributed by atoms with Crippen LogP contribution in [0.3, 0.4) is 0 Å². The minimum atomic E-state index is 0.250. The molecule has 5 heteroatoms. The van der Waals surface area contributed by atoms with E-state index in [2.05, 4.69) is 70.0 Å². The number of carbonyl (C=O) groups excluding carboxylic acids is 2. The SMILES string of the molecule is Cc1cc(-c2ccccc2)cn1Cc1cc(Br)ccc1N.O=C=O. The minimum absolute atomic E-state index is 0.250. The van der Waals surface area contributed by atoms with Gasteiger partial charge < -0.3 is 10.3 Å². The molecular formula is C19H17BrN2O2. The van der Waals surface area contributed by atoms with Crippen LogP contribution in [0.1, 0.15) is 11.3 Å². The third-order valence-corrected chi connectivity index (χ3v) is 4.16. The molecule has 0 aliphatic carbocycles. The monoisotopic (exact) mass is 384 g/mol. The van der Waals surface area contributed by atoms with Crippen LogP contribution in [0.2, 0.25) is 0 Å². The lowest BCUT2D eigenvalue weighted by Gasteiger charge is -2.09. The number of halogens is 1. The van der Waals surface area contributed by atoms with E-state index in [0.717, 1.165) is 22.3 Å². The fraction of sp³-hybridized carbons (Fsp3) is 0.105. The quantitative estimate of drug-likeness (QED) is 0.685. The van der Waals surface area contributed by atoms with Gasteiger partial charge in [-0.1, -0.05) is 46.3 Å². The topological polar surface area (TPSA) is 65.1 Å². The summed E-state index contributed by atoms with van der Waals surface area (Å²) in [5.74, 6) is 0. The van der Waals surface area contributed by atoms with Crippen LogP contribution in [0, 0.1) is 6.92 Å². The van der Waals surface area contributed by atoms with Gasteiger partial charge in [0.2, 0.25) is 0 Å². The smallest absolute Gasteiger partial charge is 0.373 e. The van der Waals surface area contributed by atoms with Crippen LogP contribution in [0.25, 0.3) is 11.1 Å². The summed E-state index contributed by atoms with van der Waals surface area (Å²) < 4.78 is 3.29. The predicted molar refractivity (Wildman–Crippen MR) is 97.3 cm³/mol. The van der Waals surface area contributed by atoms with Crippen LogP contribution in [0.15, 0.2) is 65.3 Å². The van der Waals surface area contributed by atoms with Gasteiger partial charge in [-0.3, -0.25) is 0 Å². The second-order valence-electron chi connectivity index (χ2n) is 5.29. The number of aromatic nitrogens is 1. The number of anilines is 1. The summed E-state index contributed by atoms with van der Waals surface area (Å²) in [6.45, 7) is 2.91. The normalized spacial score (nSPS) is 9.75. The summed E-state index contributed by atoms with van der Waals surface area (Å²) >= 11 is 3.51. The summed E-state index contributed by atoms with van der Waals surface area (Å²) in [4.78, 5) is 16.2. The average molecular weight is 385 g/mol. The Morgan fingerprint density at radius 2 is 1.71 bits per heavy atom. The van der Waals surface area contributed by atoms with Crippen molar-refractivity contribution in [2.45, 2.75) is 13.5 Å². The molecule has 4 nitrogen and oxygen atoms in total. The first-order valence-corrected chi connectivity index (χ1v) is 8.10. The number of nitrogens with two attached hydrogens (primary N) is 1. The van der Waals surface area contributed by atoms with Gasteiger partial charge in [0, 0.05) is 28.6 Å². The molecule has 1 heterocycles. The van der Waals surface area contributed by atoms with Crippen LogP contribution in [0.4, 0.5) is 5.69 Å². The van der Waals surface area contributed by atoms with E-state index < -0.39 is 0 Å². The molecule has 0 radical (unpaired) electrons. The lowest BCUT2D eigenvalue weighted by atomic mass is 10.1. The first-order chi connectivity index (χ1) is 11.5. The van der Waals surface area contributed by atoms with E-state index in [9.17, 15) is 0 Å². The zero-order valence-corrected chi connectivity index (χ0v) is 14.8. The van der Waals surface area contributed by atoms with Crippen LogP contribution in [-0.4, -0.2) is 10.7 Å². The molecule has 0 aliphatic rings. The molecule has 0 fully saturated rings. The molecule has 1 aromatic heterocycles. The maximum Gasteiger partial charge on any atom is 0.373 e. The van der Waals surface area contributed by atoms with E-state index in [4.69, 9.17) is 15.3 Å². The van der Waals surface area contributed by atoms with Crippen molar-refractivity contribution in [1.29, 1.82) is 0 Å². The Kier molecular flexibility index (Phi) is 6.13. The highest BCUT2D eigenvalue weighted by atomic mass is 79.9. The van der Waals surface area contributed by atoms with E-state index in [1.807, 2.05) is 18.2 Å². The van der Waals surface area contributed by atoms with E-state index >= 15 is 0 Å². The van der Waals surface area contributed by atoms with Gasteiger partial charge in [0.25, 0.3) is 0 Å². The first kappa shape index (κ1) is 17.7. The molecular weight excluding hydrogens is 368 g/mol. The molecule has 24 heavy (non-hydrogen) atoms. The van der Waals surface area contributed by atoms with E-state index in [0.29, 0.717) is 0 Å². The number of nitrogen functional groups attached to an aromatic ring is 1. The predicted octanol–water partition coefficient (Wildman–Crippen LogP) is 4.27. The lowest BCUT2D eigenvalue weighted by molar-refractivity contribution is -0.191. The third-order valence-electron chi connectivity index (χ3n) is 3.67. The summed E-state index contributed by atoms with van der Waals surface area (Å²) in [6, 6.07) is 18.6. The van der Waals surface area contributed by atoms with Crippen molar-refractivity contribution < 1.29 is 9.59 Å². The fourth-order valence-electron chi connectivity index (χ4n) is 2.47. The Balaban J connectivity index is 0.000000647. The fourth-order valence-corrected chi connectivity index (χ4v) is 2.88.